The summed E-state index contributed by atoms with van der Waals surface area (Å²) in [7, 11) is 0. The number of hydrogen-bond acceptors (Lipinski definition) is 4. The van der Waals surface area contributed by atoms with Crippen molar-refractivity contribution in [1.29, 1.82) is 0 Å². The molecule has 3 atom stereocenters. The summed E-state index contributed by atoms with van der Waals surface area (Å²) in [5.41, 5.74) is 1.99. The van der Waals surface area contributed by atoms with Gasteiger partial charge in [-0.2, -0.15) is 0 Å². The van der Waals surface area contributed by atoms with Gasteiger partial charge in [-0.25, -0.2) is 0 Å². The number of rotatable bonds is 5. The van der Waals surface area contributed by atoms with Gasteiger partial charge in [0.1, 0.15) is 11.4 Å². The Kier molecular flexibility index (Phi) is 4.76. The fourth-order valence-corrected chi connectivity index (χ4v) is 4.74. The summed E-state index contributed by atoms with van der Waals surface area (Å²) in [4.78, 5) is 27.6. The van der Waals surface area contributed by atoms with E-state index in [1.54, 1.807) is 29.2 Å². The van der Waals surface area contributed by atoms with Gasteiger partial charge in [0.2, 0.25) is 11.8 Å². The average Bonchev–Trinajstić information content (AvgIpc) is 3.19. The second kappa shape index (κ2) is 7.19. The van der Waals surface area contributed by atoms with E-state index in [0.29, 0.717) is 5.75 Å². The largest absolute Gasteiger partial charge is 0.472 e. The molecule has 1 aromatic carbocycles. The van der Waals surface area contributed by atoms with Crippen LogP contribution in [0.3, 0.4) is 0 Å². The molecule has 4 rings (SSSR count). The van der Waals surface area contributed by atoms with Crippen LogP contribution >= 0.6 is 11.8 Å². The molecule has 1 saturated carbocycles. The molecule has 26 heavy (non-hydrogen) atoms. The number of carbonyl (C=O) groups is 2. The fourth-order valence-electron chi connectivity index (χ4n) is 3.33. The molecule has 0 radical (unpaired) electrons. The highest BCUT2D eigenvalue weighted by Gasteiger charge is 2.47. The average molecular weight is 370 g/mol. The molecule has 1 N–H and O–H groups in total. The van der Waals surface area contributed by atoms with Crippen LogP contribution in [0.15, 0.2) is 53.3 Å². The van der Waals surface area contributed by atoms with E-state index in [1.165, 1.54) is 0 Å². The lowest BCUT2D eigenvalue weighted by atomic mass is 10.1. The van der Waals surface area contributed by atoms with Gasteiger partial charge in [-0.3, -0.25) is 9.59 Å². The Bertz CT molecular complexity index is 774. The Balaban J connectivity index is 1.52. The first kappa shape index (κ1) is 17.2. The quantitative estimate of drug-likeness (QED) is 0.875. The summed E-state index contributed by atoms with van der Waals surface area (Å²) in [6.07, 6.45) is 5.12. The minimum atomic E-state index is -0.445. The summed E-state index contributed by atoms with van der Waals surface area (Å²) < 4.78 is 5.20. The number of thioether (sulfide) groups is 1. The second-order valence-corrected chi connectivity index (χ2v) is 8.03. The van der Waals surface area contributed by atoms with Crippen molar-refractivity contribution in [2.45, 2.75) is 37.2 Å². The van der Waals surface area contributed by atoms with Crippen LogP contribution in [0, 0.1) is 5.92 Å². The number of nitrogens with one attached hydrogen (secondary N) is 1. The van der Waals surface area contributed by atoms with Crippen molar-refractivity contribution in [3.8, 4) is 0 Å². The number of nitrogens with zero attached hydrogens (tertiary/aromatic N) is 1. The van der Waals surface area contributed by atoms with Crippen molar-refractivity contribution in [1.82, 2.24) is 10.2 Å². The first-order valence-corrected chi connectivity index (χ1v) is 10.0. The smallest absolute Gasteiger partial charge is 0.244 e. The van der Waals surface area contributed by atoms with Crippen molar-refractivity contribution in [2.24, 2.45) is 5.92 Å². The molecule has 0 spiro atoms. The standard InChI is InChI=1S/C20H22N2O3S/c1-13(14-5-3-2-4-6-14)21-18(23)17-12-26-20(16-9-10-25-11-16)22(17)19(24)15-7-8-15/h2-6,9-11,13,15,17,20H,7-8,12H2,1H3,(H,21,23). The van der Waals surface area contributed by atoms with Crippen molar-refractivity contribution in [3.63, 3.8) is 0 Å². The molecular weight excluding hydrogens is 348 g/mol. The third-order valence-corrected chi connectivity index (χ3v) is 6.29. The van der Waals surface area contributed by atoms with Crippen molar-refractivity contribution in [3.05, 3.63) is 60.1 Å². The van der Waals surface area contributed by atoms with E-state index >= 15 is 0 Å². The van der Waals surface area contributed by atoms with Crippen molar-refractivity contribution < 1.29 is 14.0 Å². The summed E-state index contributed by atoms with van der Waals surface area (Å²) >= 11 is 1.63. The van der Waals surface area contributed by atoms with Gasteiger partial charge in [0.15, 0.2) is 0 Å². The van der Waals surface area contributed by atoms with Crippen LogP contribution in [0.25, 0.3) is 0 Å². The Morgan fingerprint density at radius 2 is 2.00 bits per heavy atom. The number of carbonyl (C=O) groups excluding carboxylic acids is 2. The molecule has 2 aliphatic rings. The first-order valence-electron chi connectivity index (χ1n) is 8.96. The molecule has 2 fully saturated rings. The van der Waals surface area contributed by atoms with E-state index in [0.717, 1.165) is 24.0 Å². The Morgan fingerprint density at radius 1 is 1.23 bits per heavy atom. The lowest BCUT2D eigenvalue weighted by Gasteiger charge is -2.29. The minimum Gasteiger partial charge on any atom is -0.472 e. The van der Waals surface area contributed by atoms with E-state index in [4.69, 9.17) is 4.42 Å². The highest BCUT2D eigenvalue weighted by Crippen LogP contribution is 2.45. The summed E-state index contributed by atoms with van der Waals surface area (Å²) in [5, 5.41) is 2.93. The SMILES string of the molecule is CC(NC(=O)C1CSC(c2ccoc2)N1C(=O)C1CC1)c1ccccc1. The molecule has 1 aliphatic heterocycles. The van der Waals surface area contributed by atoms with Crippen LogP contribution in [0.5, 0.6) is 0 Å². The molecule has 5 nitrogen and oxygen atoms in total. The highest BCUT2D eigenvalue weighted by molar-refractivity contribution is 7.99. The van der Waals surface area contributed by atoms with E-state index < -0.39 is 6.04 Å². The Labute approximate surface area is 157 Å². The van der Waals surface area contributed by atoms with Crippen LogP contribution in [-0.2, 0) is 9.59 Å². The normalized spacial score (nSPS) is 23.7. The van der Waals surface area contributed by atoms with Crippen LogP contribution in [0.1, 0.15) is 42.3 Å². The van der Waals surface area contributed by atoms with Gasteiger partial charge in [-0.15, -0.1) is 11.8 Å². The number of furan rings is 1. The third kappa shape index (κ3) is 3.38. The fraction of sp³-hybridized carbons (Fsp3) is 0.400. The number of benzene rings is 1. The van der Waals surface area contributed by atoms with Gasteiger partial charge >= 0.3 is 0 Å². The number of hydrogen-bond donors (Lipinski definition) is 1. The maximum atomic E-state index is 13.0. The predicted octanol–water partition coefficient (Wildman–Crippen LogP) is 3.51. The Morgan fingerprint density at radius 3 is 2.65 bits per heavy atom. The lowest BCUT2D eigenvalue weighted by Crippen LogP contribution is -2.48. The van der Waals surface area contributed by atoms with Gasteiger partial charge in [0, 0.05) is 17.2 Å². The lowest BCUT2D eigenvalue weighted by molar-refractivity contribution is -0.141. The van der Waals surface area contributed by atoms with Crippen LogP contribution in [0.4, 0.5) is 0 Å². The van der Waals surface area contributed by atoms with Gasteiger partial charge in [-0.05, 0) is 31.4 Å². The molecular formula is C20H22N2O3S. The van der Waals surface area contributed by atoms with Crippen LogP contribution in [0.2, 0.25) is 0 Å². The monoisotopic (exact) mass is 370 g/mol. The van der Waals surface area contributed by atoms with Crippen LogP contribution in [-0.4, -0.2) is 28.5 Å². The maximum absolute atomic E-state index is 13.0. The molecule has 136 valence electrons. The van der Waals surface area contributed by atoms with Gasteiger partial charge in [-0.1, -0.05) is 30.3 Å². The molecule has 3 unspecified atom stereocenters. The molecule has 1 aliphatic carbocycles. The zero-order valence-electron chi connectivity index (χ0n) is 14.6. The summed E-state index contributed by atoms with van der Waals surface area (Å²) in [5.74, 6) is 0.675. The van der Waals surface area contributed by atoms with Gasteiger partial charge in [0.05, 0.1) is 18.6 Å². The van der Waals surface area contributed by atoms with E-state index in [2.05, 4.69) is 5.32 Å². The molecule has 6 heteroatoms. The molecule has 2 heterocycles. The molecule has 0 bridgehead atoms. The zero-order chi connectivity index (χ0) is 18.1. The van der Waals surface area contributed by atoms with Gasteiger partial charge in [0.25, 0.3) is 0 Å². The summed E-state index contributed by atoms with van der Waals surface area (Å²) in [6.45, 7) is 1.97. The minimum absolute atomic E-state index is 0.0740. The molecule has 1 saturated heterocycles. The van der Waals surface area contributed by atoms with E-state index in [9.17, 15) is 9.59 Å². The predicted molar refractivity (Wildman–Crippen MR) is 100 cm³/mol. The zero-order valence-corrected chi connectivity index (χ0v) is 15.4. The van der Waals surface area contributed by atoms with E-state index in [-0.39, 0.29) is 29.1 Å². The van der Waals surface area contributed by atoms with Crippen LogP contribution < -0.4 is 5.32 Å². The molecule has 1 aromatic heterocycles. The maximum Gasteiger partial charge on any atom is 0.244 e. The third-order valence-electron chi connectivity index (χ3n) is 4.97. The van der Waals surface area contributed by atoms with Gasteiger partial charge < -0.3 is 14.6 Å². The van der Waals surface area contributed by atoms with Crippen molar-refractivity contribution in [2.75, 3.05) is 5.75 Å². The van der Waals surface area contributed by atoms with E-state index in [1.807, 2.05) is 43.3 Å². The second-order valence-electron chi connectivity index (χ2n) is 6.92. The molecule has 2 aromatic rings. The summed E-state index contributed by atoms with van der Waals surface area (Å²) in [6, 6.07) is 11.2. The number of amides is 2. The Hall–Kier alpha value is -2.21. The topological polar surface area (TPSA) is 62.6 Å². The highest BCUT2D eigenvalue weighted by atomic mass is 32.2. The van der Waals surface area contributed by atoms with Crippen molar-refractivity contribution >= 4 is 23.6 Å². The first-order chi connectivity index (χ1) is 12.6. The molecule has 2 amide bonds.